The molecular formula is C12H12ClF2N3. The van der Waals surface area contributed by atoms with Crippen LogP contribution in [0, 0.1) is 11.6 Å². The fourth-order valence-electron chi connectivity index (χ4n) is 1.88. The molecule has 1 aromatic carbocycles. The topological polar surface area (TPSA) is 43.8 Å². The number of nitrogens with zero attached hydrogens (tertiary/aromatic N) is 2. The van der Waals surface area contributed by atoms with Crippen LogP contribution in [0.2, 0.25) is 5.02 Å². The zero-order valence-corrected chi connectivity index (χ0v) is 10.5. The molecule has 0 saturated carbocycles. The van der Waals surface area contributed by atoms with Gasteiger partial charge in [-0.1, -0.05) is 23.7 Å². The molecule has 0 amide bonds. The quantitative estimate of drug-likeness (QED) is 0.932. The van der Waals surface area contributed by atoms with Gasteiger partial charge in [0.15, 0.2) is 11.6 Å². The summed E-state index contributed by atoms with van der Waals surface area (Å²) in [5, 5.41) is 4.37. The van der Waals surface area contributed by atoms with Gasteiger partial charge in [0.2, 0.25) is 0 Å². The first-order chi connectivity index (χ1) is 8.50. The van der Waals surface area contributed by atoms with Gasteiger partial charge < -0.3 is 5.73 Å². The monoisotopic (exact) mass is 271 g/mol. The van der Waals surface area contributed by atoms with Crippen molar-refractivity contribution in [2.75, 3.05) is 0 Å². The van der Waals surface area contributed by atoms with E-state index >= 15 is 0 Å². The maximum Gasteiger partial charge on any atom is 0.162 e. The molecule has 96 valence electrons. The minimum Gasteiger partial charge on any atom is -0.322 e. The van der Waals surface area contributed by atoms with Crippen LogP contribution in [0.4, 0.5) is 8.78 Å². The average molecular weight is 272 g/mol. The second kappa shape index (κ2) is 5.04. The fraction of sp³-hybridized carbons (Fsp3) is 0.250. The van der Waals surface area contributed by atoms with Gasteiger partial charge in [0.05, 0.1) is 23.0 Å². The van der Waals surface area contributed by atoms with Crippen molar-refractivity contribution in [1.29, 1.82) is 0 Å². The molecule has 1 unspecified atom stereocenters. The van der Waals surface area contributed by atoms with Gasteiger partial charge in [-0.15, -0.1) is 0 Å². The van der Waals surface area contributed by atoms with E-state index in [1.54, 1.807) is 7.05 Å². The molecule has 0 aliphatic carbocycles. The molecule has 0 fully saturated rings. The Kier molecular flexibility index (Phi) is 3.63. The first-order valence-corrected chi connectivity index (χ1v) is 5.74. The molecule has 0 aliphatic rings. The Morgan fingerprint density at radius 2 is 2.17 bits per heavy atom. The van der Waals surface area contributed by atoms with E-state index in [4.69, 9.17) is 17.3 Å². The van der Waals surface area contributed by atoms with Crippen LogP contribution >= 0.6 is 11.6 Å². The first-order valence-electron chi connectivity index (χ1n) is 5.36. The highest BCUT2D eigenvalue weighted by atomic mass is 35.5. The van der Waals surface area contributed by atoms with Crippen LogP contribution in [0.5, 0.6) is 0 Å². The van der Waals surface area contributed by atoms with Crippen molar-refractivity contribution in [2.45, 2.75) is 12.5 Å². The van der Waals surface area contributed by atoms with Crippen LogP contribution in [-0.2, 0) is 13.5 Å². The van der Waals surface area contributed by atoms with Crippen LogP contribution in [0.1, 0.15) is 17.3 Å². The van der Waals surface area contributed by atoms with Crippen LogP contribution < -0.4 is 5.73 Å². The van der Waals surface area contributed by atoms with E-state index in [2.05, 4.69) is 5.10 Å². The molecule has 0 radical (unpaired) electrons. The van der Waals surface area contributed by atoms with E-state index in [9.17, 15) is 8.78 Å². The number of halogens is 3. The minimum absolute atomic E-state index is 0.156. The molecule has 3 nitrogen and oxygen atoms in total. The highest BCUT2D eigenvalue weighted by Gasteiger charge is 2.18. The maximum atomic E-state index is 13.5. The number of rotatable bonds is 3. The van der Waals surface area contributed by atoms with E-state index in [0.717, 1.165) is 6.07 Å². The highest BCUT2D eigenvalue weighted by molar-refractivity contribution is 6.31. The van der Waals surface area contributed by atoms with Crippen LogP contribution in [0.15, 0.2) is 24.4 Å². The normalized spacial score (nSPS) is 12.7. The number of hydrogen-bond donors (Lipinski definition) is 1. The Hall–Kier alpha value is -1.46. The summed E-state index contributed by atoms with van der Waals surface area (Å²) >= 11 is 5.95. The van der Waals surface area contributed by atoms with E-state index in [0.29, 0.717) is 10.7 Å². The maximum absolute atomic E-state index is 13.5. The predicted octanol–water partition coefficient (Wildman–Crippen LogP) is 2.59. The van der Waals surface area contributed by atoms with Crippen molar-refractivity contribution < 1.29 is 8.78 Å². The van der Waals surface area contributed by atoms with Crippen molar-refractivity contribution in [3.05, 3.63) is 52.3 Å². The van der Waals surface area contributed by atoms with E-state index < -0.39 is 17.7 Å². The largest absolute Gasteiger partial charge is 0.322 e. The van der Waals surface area contributed by atoms with Crippen molar-refractivity contribution in [1.82, 2.24) is 9.78 Å². The number of nitrogens with two attached hydrogens (primary N) is 1. The number of aryl methyl sites for hydroxylation is 1. The lowest BCUT2D eigenvalue weighted by Gasteiger charge is -2.13. The summed E-state index contributed by atoms with van der Waals surface area (Å²) < 4.78 is 28.1. The lowest BCUT2D eigenvalue weighted by molar-refractivity contribution is 0.491. The van der Waals surface area contributed by atoms with Gasteiger partial charge >= 0.3 is 0 Å². The highest BCUT2D eigenvalue weighted by Crippen LogP contribution is 2.24. The third-order valence-electron chi connectivity index (χ3n) is 2.76. The molecule has 1 aromatic heterocycles. The van der Waals surface area contributed by atoms with Crippen molar-refractivity contribution in [2.24, 2.45) is 12.8 Å². The van der Waals surface area contributed by atoms with E-state index in [1.165, 1.54) is 23.0 Å². The number of hydrogen-bond acceptors (Lipinski definition) is 2. The van der Waals surface area contributed by atoms with Gasteiger partial charge in [-0.05, 0) is 18.1 Å². The van der Waals surface area contributed by atoms with E-state index in [-0.39, 0.29) is 12.0 Å². The summed E-state index contributed by atoms with van der Waals surface area (Å²) in [5.74, 6) is -1.75. The molecule has 18 heavy (non-hydrogen) atoms. The first kappa shape index (κ1) is 13.0. The lowest BCUT2D eigenvalue weighted by Crippen LogP contribution is -2.18. The van der Waals surface area contributed by atoms with Gasteiger partial charge in [-0.25, -0.2) is 8.78 Å². The molecule has 0 bridgehead atoms. The summed E-state index contributed by atoms with van der Waals surface area (Å²) in [6, 6.07) is 3.48. The Balaban J connectivity index is 2.27. The Bertz CT molecular complexity index is 549. The molecule has 2 N–H and O–H groups in total. The van der Waals surface area contributed by atoms with Crippen molar-refractivity contribution >= 4 is 11.6 Å². The van der Waals surface area contributed by atoms with Gasteiger partial charge in [-0.2, -0.15) is 5.10 Å². The second-order valence-electron chi connectivity index (χ2n) is 4.02. The van der Waals surface area contributed by atoms with Crippen LogP contribution in [0.25, 0.3) is 0 Å². The Morgan fingerprint density at radius 3 is 2.78 bits per heavy atom. The molecular weight excluding hydrogens is 260 g/mol. The molecule has 2 rings (SSSR count). The minimum atomic E-state index is -0.879. The summed E-state index contributed by atoms with van der Waals surface area (Å²) in [5.41, 5.74) is 6.78. The second-order valence-corrected chi connectivity index (χ2v) is 4.43. The lowest BCUT2D eigenvalue weighted by atomic mass is 10.0. The number of aromatic nitrogens is 2. The summed E-state index contributed by atoms with van der Waals surface area (Å²) in [6.07, 6.45) is 1.63. The fourth-order valence-corrected chi connectivity index (χ4v) is 2.18. The third kappa shape index (κ3) is 2.37. The summed E-state index contributed by atoms with van der Waals surface area (Å²) in [7, 11) is 1.70. The van der Waals surface area contributed by atoms with Crippen molar-refractivity contribution in [3.8, 4) is 0 Å². The van der Waals surface area contributed by atoms with E-state index in [1.807, 2.05) is 0 Å². The van der Waals surface area contributed by atoms with Gasteiger partial charge in [0.1, 0.15) is 0 Å². The predicted molar refractivity (Wildman–Crippen MR) is 65.2 cm³/mol. The molecule has 6 heteroatoms. The van der Waals surface area contributed by atoms with Crippen molar-refractivity contribution in [3.63, 3.8) is 0 Å². The standard InChI is InChI=1S/C12H12ClF2N3/c1-18-12(8(13)6-17-18)10(16)5-7-3-2-4-9(14)11(7)15/h2-4,6,10H,5,16H2,1H3. The number of benzene rings is 1. The molecule has 0 saturated heterocycles. The summed E-state index contributed by atoms with van der Waals surface area (Å²) in [6.45, 7) is 0. The smallest absolute Gasteiger partial charge is 0.162 e. The molecule has 1 heterocycles. The van der Waals surface area contributed by atoms with Gasteiger partial charge in [0, 0.05) is 7.05 Å². The average Bonchev–Trinajstić information content (AvgIpc) is 2.65. The summed E-state index contributed by atoms with van der Waals surface area (Å²) in [4.78, 5) is 0. The van der Waals surface area contributed by atoms with Gasteiger partial charge in [0.25, 0.3) is 0 Å². The van der Waals surface area contributed by atoms with Gasteiger partial charge in [-0.3, -0.25) is 4.68 Å². The molecule has 0 aliphatic heterocycles. The van der Waals surface area contributed by atoms with Crippen LogP contribution in [-0.4, -0.2) is 9.78 Å². The third-order valence-corrected chi connectivity index (χ3v) is 3.05. The zero-order chi connectivity index (χ0) is 13.3. The molecule has 1 atom stereocenters. The zero-order valence-electron chi connectivity index (χ0n) is 9.70. The molecule has 0 spiro atoms. The Labute approximate surface area is 108 Å². The van der Waals surface area contributed by atoms with Crippen LogP contribution in [0.3, 0.4) is 0 Å². The Morgan fingerprint density at radius 1 is 1.44 bits per heavy atom. The molecule has 2 aromatic rings. The SMILES string of the molecule is Cn1ncc(Cl)c1C(N)Cc1cccc(F)c1F.